The molecule has 0 spiro atoms. The molecule has 2 nitrogen and oxygen atoms in total. The molecule has 3 heteroatoms. The van der Waals surface area contributed by atoms with Gasteiger partial charge in [0.15, 0.2) is 0 Å². The molecule has 3 rings (SSSR count). The van der Waals surface area contributed by atoms with Crippen molar-refractivity contribution in [3.63, 3.8) is 0 Å². The molecule has 1 heterocycles. The minimum atomic E-state index is 0.536. The molecule has 0 atom stereocenters. The zero-order valence-corrected chi connectivity index (χ0v) is 16.1. The number of ether oxygens (including phenoxy) is 1. The Balaban J connectivity index is 1.91. The van der Waals surface area contributed by atoms with Crippen molar-refractivity contribution in [2.75, 3.05) is 13.2 Å². The summed E-state index contributed by atoms with van der Waals surface area (Å²) in [6.07, 6.45) is 4.42. The number of benzene rings is 2. The molecule has 1 saturated heterocycles. The number of halogens is 1. The number of rotatable bonds is 6. The minimum absolute atomic E-state index is 0.536. The van der Waals surface area contributed by atoms with Crippen LogP contribution in [0.3, 0.4) is 0 Å². The van der Waals surface area contributed by atoms with E-state index in [1.54, 1.807) is 0 Å². The summed E-state index contributed by atoms with van der Waals surface area (Å²) in [7, 11) is 0. The maximum atomic E-state index is 6.09. The quantitative estimate of drug-likeness (QED) is 0.511. The molecule has 26 heavy (non-hydrogen) atoms. The van der Waals surface area contributed by atoms with Crippen molar-refractivity contribution in [3.8, 4) is 11.1 Å². The van der Waals surface area contributed by atoms with Crippen LogP contribution in [0.4, 0.5) is 5.69 Å². The van der Waals surface area contributed by atoms with Crippen molar-refractivity contribution in [2.24, 2.45) is 10.9 Å². The second kappa shape index (κ2) is 9.16. The highest BCUT2D eigenvalue weighted by atomic mass is 35.5. The van der Waals surface area contributed by atoms with Gasteiger partial charge in [0.05, 0.1) is 5.69 Å². The molecule has 1 aliphatic rings. The van der Waals surface area contributed by atoms with Crippen LogP contribution in [0.25, 0.3) is 16.7 Å². The van der Waals surface area contributed by atoms with Gasteiger partial charge in [-0.2, -0.15) is 0 Å². The first-order chi connectivity index (χ1) is 12.6. The molecule has 0 N–H and O–H groups in total. The Morgan fingerprint density at radius 1 is 1.12 bits per heavy atom. The van der Waals surface area contributed by atoms with Gasteiger partial charge in [-0.3, -0.25) is 0 Å². The maximum Gasteiger partial charge on any atom is 0.103 e. The van der Waals surface area contributed by atoms with E-state index in [0.29, 0.717) is 5.17 Å². The first-order valence-electron chi connectivity index (χ1n) is 9.30. The Labute approximate surface area is 161 Å². The normalized spacial score (nSPS) is 15.8. The predicted octanol–water partition coefficient (Wildman–Crippen LogP) is 6.86. The highest BCUT2D eigenvalue weighted by Gasteiger charge is 2.17. The van der Waals surface area contributed by atoms with Crippen molar-refractivity contribution in [1.29, 1.82) is 0 Å². The monoisotopic (exact) mass is 367 g/mol. The van der Waals surface area contributed by atoms with Crippen LogP contribution in [-0.4, -0.2) is 18.4 Å². The first-order valence-corrected chi connectivity index (χ1v) is 9.68. The van der Waals surface area contributed by atoms with Gasteiger partial charge in [0, 0.05) is 18.8 Å². The molecule has 0 bridgehead atoms. The smallest absolute Gasteiger partial charge is 0.103 e. The Bertz CT molecular complexity index is 772. The third-order valence-corrected chi connectivity index (χ3v) is 5.04. The highest BCUT2D eigenvalue weighted by Crippen LogP contribution is 2.38. The highest BCUT2D eigenvalue weighted by molar-refractivity contribution is 6.65. The molecule has 136 valence electrons. The van der Waals surface area contributed by atoms with Gasteiger partial charge in [0.2, 0.25) is 0 Å². The van der Waals surface area contributed by atoms with Crippen LogP contribution in [0, 0.1) is 5.92 Å². The van der Waals surface area contributed by atoms with E-state index in [0.717, 1.165) is 61.6 Å². The van der Waals surface area contributed by atoms with Gasteiger partial charge in [0.1, 0.15) is 5.17 Å². The lowest BCUT2D eigenvalue weighted by Gasteiger charge is -2.23. The van der Waals surface area contributed by atoms with Crippen molar-refractivity contribution in [2.45, 2.75) is 32.6 Å². The fourth-order valence-corrected chi connectivity index (χ4v) is 3.66. The van der Waals surface area contributed by atoms with Crippen molar-refractivity contribution in [1.82, 2.24) is 0 Å². The molecule has 0 radical (unpaired) electrons. The zero-order chi connectivity index (χ0) is 18.4. The van der Waals surface area contributed by atoms with Gasteiger partial charge in [-0.25, -0.2) is 4.99 Å². The van der Waals surface area contributed by atoms with Gasteiger partial charge < -0.3 is 4.74 Å². The summed E-state index contributed by atoms with van der Waals surface area (Å²) in [6, 6.07) is 16.6. The van der Waals surface area contributed by atoms with Gasteiger partial charge in [-0.15, -0.1) is 0 Å². The van der Waals surface area contributed by atoms with E-state index in [1.165, 1.54) is 11.1 Å². The van der Waals surface area contributed by atoms with Crippen LogP contribution in [0.15, 0.2) is 60.1 Å². The Kier molecular flexibility index (Phi) is 6.65. The Morgan fingerprint density at radius 2 is 1.85 bits per heavy atom. The summed E-state index contributed by atoms with van der Waals surface area (Å²) in [6.45, 7) is 8.01. The second-order valence-electron chi connectivity index (χ2n) is 6.87. The van der Waals surface area contributed by atoms with Crippen LogP contribution >= 0.6 is 11.6 Å². The van der Waals surface area contributed by atoms with E-state index in [9.17, 15) is 0 Å². The van der Waals surface area contributed by atoms with Crippen molar-refractivity contribution >= 4 is 28.0 Å². The topological polar surface area (TPSA) is 21.6 Å². The molecule has 0 aliphatic carbocycles. The molecule has 2 aromatic carbocycles. The lowest BCUT2D eigenvalue weighted by atomic mass is 9.88. The summed E-state index contributed by atoms with van der Waals surface area (Å²) in [5, 5.41) is 0.536. The number of aliphatic imine (C=N–C) groups is 1. The van der Waals surface area contributed by atoms with Crippen LogP contribution in [0.5, 0.6) is 0 Å². The summed E-state index contributed by atoms with van der Waals surface area (Å²) >= 11 is 6.09. The Hall–Kier alpha value is -1.90. The number of nitrogens with zero attached hydrogens (tertiary/aromatic N) is 1. The van der Waals surface area contributed by atoms with Crippen LogP contribution < -0.4 is 0 Å². The number of allylic oxidation sites excluding steroid dienone is 1. The average Bonchev–Trinajstić information content (AvgIpc) is 2.67. The predicted molar refractivity (Wildman–Crippen MR) is 112 cm³/mol. The lowest BCUT2D eigenvalue weighted by molar-refractivity contribution is 0.0644. The van der Waals surface area contributed by atoms with E-state index in [4.69, 9.17) is 16.3 Å². The number of hydrogen-bond donors (Lipinski definition) is 0. The van der Waals surface area contributed by atoms with Crippen LogP contribution in [0.2, 0.25) is 0 Å². The molecule has 0 amide bonds. The fraction of sp³-hybridized carbons (Fsp3) is 0.348. The molecular weight excluding hydrogens is 342 g/mol. The molecule has 1 aliphatic heterocycles. The number of hydrogen-bond acceptors (Lipinski definition) is 2. The van der Waals surface area contributed by atoms with Crippen molar-refractivity contribution < 1.29 is 4.74 Å². The van der Waals surface area contributed by atoms with Gasteiger partial charge in [-0.1, -0.05) is 60.6 Å². The summed E-state index contributed by atoms with van der Waals surface area (Å²) in [5.74, 6) is 0.728. The molecule has 2 aromatic rings. The fourth-order valence-electron chi connectivity index (χ4n) is 3.57. The summed E-state index contributed by atoms with van der Waals surface area (Å²) < 4.78 is 5.48. The van der Waals surface area contributed by atoms with E-state index in [1.807, 2.05) is 25.1 Å². The van der Waals surface area contributed by atoms with Gasteiger partial charge >= 0.3 is 0 Å². The van der Waals surface area contributed by atoms with E-state index >= 15 is 0 Å². The third-order valence-electron chi connectivity index (χ3n) is 4.95. The largest absolute Gasteiger partial charge is 0.381 e. The standard InChI is InChI=1S/C23H26ClNO/c1-17(11-12-19-13-15-26-16-14-19)23-21(20-7-4-3-5-8-20)9-6-10-22(23)25-18(2)24/h3-10,19H,1,11-16H2,2H3. The third kappa shape index (κ3) is 4.84. The van der Waals surface area contributed by atoms with E-state index < -0.39 is 0 Å². The molecule has 1 fully saturated rings. The first kappa shape index (κ1) is 18.9. The summed E-state index contributed by atoms with van der Waals surface area (Å²) in [4.78, 5) is 4.56. The Morgan fingerprint density at radius 3 is 2.54 bits per heavy atom. The molecular formula is C23H26ClNO. The molecule has 0 unspecified atom stereocenters. The lowest BCUT2D eigenvalue weighted by Crippen LogP contribution is -2.15. The maximum absolute atomic E-state index is 6.09. The minimum Gasteiger partial charge on any atom is -0.381 e. The van der Waals surface area contributed by atoms with Gasteiger partial charge in [0.25, 0.3) is 0 Å². The summed E-state index contributed by atoms with van der Waals surface area (Å²) in [5.41, 5.74) is 5.50. The van der Waals surface area contributed by atoms with Crippen LogP contribution in [-0.2, 0) is 4.74 Å². The molecule has 0 aromatic heterocycles. The van der Waals surface area contributed by atoms with Crippen molar-refractivity contribution in [3.05, 3.63) is 60.7 Å². The van der Waals surface area contributed by atoms with E-state index in [-0.39, 0.29) is 0 Å². The second-order valence-corrected chi connectivity index (χ2v) is 7.42. The van der Waals surface area contributed by atoms with E-state index in [2.05, 4.69) is 41.9 Å². The SMILES string of the molecule is C=C(CCC1CCOCC1)c1c(N=C(C)Cl)cccc1-c1ccccc1. The zero-order valence-electron chi connectivity index (χ0n) is 15.4. The average molecular weight is 368 g/mol. The van der Waals surface area contributed by atoms with Crippen LogP contribution in [0.1, 0.15) is 38.2 Å². The van der Waals surface area contributed by atoms with Gasteiger partial charge in [-0.05, 0) is 61.3 Å². The molecule has 0 saturated carbocycles.